The monoisotopic (exact) mass is 493 g/mol. The van der Waals surface area contributed by atoms with Gasteiger partial charge in [-0.1, -0.05) is 45.4 Å². The Morgan fingerprint density at radius 2 is 2.03 bits per heavy atom. The van der Waals surface area contributed by atoms with Gasteiger partial charge in [-0.2, -0.15) is 0 Å². The molecule has 2 heterocycles. The molecule has 0 saturated heterocycles. The second-order valence-corrected chi connectivity index (χ2v) is 8.83. The van der Waals surface area contributed by atoms with E-state index in [1.165, 1.54) is 11.8 Å². The van der Waals surface area contributed by atoms with Crippen LogP contribution in [0.4, 0.5) is 5.69 Å². The van der Waals surface area contributed by atoms with Crippen LogP contribution in [0, 0.1) is 6.92 Å². The summed E-state index contributed by atoms with van der Waals surface area (Å²) in [5, 5.41) is 11.9. The van der Waals surface area contributed by atoms with Crippen LogP contribution in [0.15, 0.2) is 52.1 Å². The summed E-state index contributed by atoms with van der Waals surface area (Å²) in [6.45, 7) is 1.85. The molecule has 1 aliphatic rings. The van der Waals surface area contributed by atoms with Gasteiger partial charge in [0.05, 0.1) is 18.2 Å². The standard InChI is InChI=1S/C19H17BrClN5O2S/c1-10-23-24-19-26(10)25-16(11-3-8-15(28-2)14(21)9-11)17(29-19)18(27)22-13-6-4-12(20)5-7-13/h3-9,16-17,25H,1-2H3,(H,22,27)/t16-,17-/m1/s1. The fourth-order valence-corrected chi connectivity index (χ4v) is 4.69. The molecule has 0 aliphatic carbocycles. The molecule has 7 nitrogen and oxygen atoms in total. The van der Waals surface area contributed by atoms with Gasteiger partial charge in [0.15, 0.2) is 0 Å². The average Bonchev–Trinajstić information content (AvgIpc) is 3.08. The van der Waals surface area contributed by atoms with Crippen molar-refractivity contribution >= 4 is 50.9 Å². The zero-order chi connectivity index (χ0) is 20.5. The van der Waals surface area contributed by atoms with E-state index in [1.807, 2.05) is 43.3 Å². The summed E-state index contributed by atoms with van der Waals surface area (Å²) in [7, 11) is 1.57. The van der Waals surface area contributed by atoms with E-state index < -0.39 is 5.25 Å². The number of nitrogens with zero attached hydrogens (tertiary/aromatic N) is 3. The van der Waals surface area contributed by atoms with E-state index in [2.05, 4.69) is 36.9 Å². The Bertz CT molecular complexity index is 1060. The minimum atomic E-state index is -0.487. The topological polar surface area (TPSA) is 81.1 Å². The van der Waals surface area contributed by atoms with Crippen LogP contribution >= 0.6 is 39.3 Å². The first-order valence-corrected chi connectivity index (χ1v) is 10.8. The van der Waals surface area contributed by atoms with Crippen molar-refractivity contribution in [2.45, 2.75) is 23.4 Å². The van der Waals surface area contributed by atoms with E-state index in [1.54, 1.807) is 17.9 Å². The quantitative estimate of drug-likeness (QED) is 0.559. The lowest BCUT2D eigenvalue weighted by Gasteiger charge is -2.33. The predicted molar refractivity (Wildman–Crippen MR) is 117 cm³/mol. The number of thioether (sulfide) groups is 1. The zero-order valence-corrected chi connectivity index (χ0v) is 18.7. The largest absolute Gasteiger partial charge is 0.495 e. The summed E-state index contributed by atoms with van der Waals surface area (Å²) in [5.74, 6) is 1.15. The Kier molecular flexibility index (Phi) is 5.71. The number of ether oxygens (including phenoxy) is 1. The summed E-state index contributed by atoms with van der Waals surface area (Å²) < 4.78 is 7.98. The first-order valence-electron chi connectivity index (χ1n) is 8.71. The Hall–Kier alpha value is -2.23. The van der Waals surface area contributed by atoms with Crippen LogP contribution in [0.5, 0.6) is 5.75 Å². The Morgan fingerprint density at radius 1 is 1.28 bits per heavy atom. The molecular formula is C19H17BrClN5O2S. The van der Waals surface area contributed by atoms with Gasteiger partial charge in [-0.05, 0) is 48.9 Å². The molecule has 150 valence electrons. The van der Waals surface area contributed by atoms with Gasteiger partial charge < -0.3 is 15.5 Å². The van der Waals surface area contributed by atoms with Gasteiger partial charge in [-0.3, -0.25) is 4.79 Å². The normalized spacial score (nSPS) is 17.9. The van der Waals surface area contributed by atoms with Gasteiger partial charge in [0.1, 0.15) is 16.8 Å². The second-order valence-electron chi connectivity index (χ2n) is 6.40. The van der Waals surface area contributed by atoms with Gasteiger partial charge in [-0.15, -0.1) is 10.2 Å². The molecule has 1 amide bonds. The van der Waals surface area contributed by atoms with E-state index >= 15 is 0 Å². The lowest BCUT2D eigenvalue weighted by molar-refractivity contribution is -0.116. The van der Waals surface area contributed by atoms with Crippen molar-refractivity contribution in [3.63, 3.8) is 0 Å². The highest BCUT2D eigenvalue weighted by Gasteiger charge is 2.37. The number of hydrogen-bond acceptors (Lipinski definition) is 6. The Labute approximate surface area is 185 Å². The van der Waals surface area contributed by atoms with E-state index in [-0.39, 0.29) is 11.9 Å². The molecule has 29 heavy (non-hydrogen) atoms. The van der Waals surface area contributed by atoms with Crippen molar-refractivity contribution in [3.8, 4) is 5.75 Å². The first kappa shape index (κ1) is 20.1. The summed E-state index contributed by atoms with van der Waals surface area (Å²) >= 11 is 11.1. The van der Waals surface area contributed by atoms with Gasteiger partial charge >= 0.3 is 0 Å². The van der Waals surface area contributed by atoms with Crippen molar-refractivity contribution in [1.82, 2.24) is 14.9 Å². The number of hydrogen-bond donors (Lipinski definition) is 2. The number of aromatic nitrogens is 3. The summed E-state index contributed by atoms with van der Waals surface area (Å²) in [5.41, 5.74) is 4.93. The number of amides is 1. The molecule has 0 unspecified atom stereocenters. The first-order chi connectivity index (χ1) is 14.0. The summed E-state index contributed by atoms with van der Waals surface area (Å²) in [6.07, 6.45) is 0. The summed E-state index contributed by atoms with van der Waals surface area (Å²) in [4.78, 5) is 13.2. The molecule has 0 spiro atoms. The van der Waals surface area contributed by atoms with Crippen LogP contribution in [-0.4, -0.2) is 33.1 Å². The Morgan fingerprint density at radius 3 is 2.72 bits per heavy atom. The number of halogens is 2. The van der Waals surface area contributed by atoms with Crippen LogP contribution in [0.3, 0.4) is 0 Å². The lowest BCUT2D eigenvalue weighted by Crippen LogP contribution is -2.41. The zero-order valence-electron chi connectivity index (χ0n) is 15.5. The fraction of sp³-hybridized carbons (Fsp3) is 0.211. The Balaban J connectivity index is 1.67. The second kappa shape index (κ2) is 8.25. The number of anilines is 1. The number of nitrogens with one attached hydrogen (secondary N) is 2. The van der Waals surface area contributed by atoms with Crippen molar-refractivity contribution < 1.29 is 9.53 Å². The molecule has 0 fully saturated rings. The average molecular weight is 495 g/mol. The molecule has 1 aliphatic heterocycles. The summed E-state index contributed by atoms with van der Waals surface area (Å²) in [6, 6.07) is 12.6. The van der Waals surface area contributed by atoms with Gasteiger partial charge in [-0.25, -0.2) is 4.68 Å². The highest BCUT2D eigenvalue weighted by atomic mass is 79.9. The molecule has 2 aromatic carbocycles. The lowest BCUT2D eigenvalue weighted by atomic mass is 10.0. The molecule has 4 rings (SSSR count). The van der Waals surface area contributed by atoms with E-state index in [0.717, 1.165) is 10.0 Å². The third kappa shape index (κ3) is 4.08. The number of methoxy groups -OCH3 is 1. The molecule has 3 aromatic rings. The fourth-order valence-electron chi connectivity index (χ4n) is 3.03. The van der Waals surface area contributed by atoms with Crippen LogP contribution in [0.2, 0.25) is 5.02 Å². The number of aryl methyl sites for hydroxylation is 1. The highest BCUT2D eigenvalue weighted by Crippen LogP contribution is 2.39. The molecular weight excluding hydrogens is 478 g/mol. The molecule has 2 atom stereocenters. The number of fused-ring (bicyclic) bond motifs is 1. The van der Waals surface area contributed by atoms with Gasteiger partial charge in [0, 0.05) is 10.2 Å². The smallest absolute Gasteiger partial charge is 0.240 e. The third-order valence-corrected chi connectivity index (χ3v) is 6.54. The minimum absolute atomic E-state index is 0.145. The number of benzene rings is 2. The number of carbonyl (C=O) groups excluding carboxylic acids is 1. The van der Waals surface area contributed by atoms with Gasteiger partial charge in [0.25, 0.3) is 0 Å². The van der Waals surface area contributed by atoms with E-state index in [0.29, 0.717) is 27.4 Å². The number of rotatable bonds is 4. The van der Waals surface area contributed by atoms with Gasteiger partial charge in [0.2, 0.25) is 11.1 Å². The molecule has 0 radical (unpaired) electrons. The molecule has 0 bridgehead atoms. The molecule has 0 saturated carbocycles. The van der Waals surface area contributed by atoms with Crippen LogP contribution in [-0.2, 0) is 4.79 Å². The molecule has 2 N–H and O–H groups in total. The van der Waals surface area contributed by atoms with Crippen molar-refractivity contribution in [2.24, 2.45) is 0 Å². The minimum Gasteiger partial charge on any atom is -0.495 e. The molecule has 10 heteroatoms. The highest BCUT2D eigenvalue weighted by molar-refractivity contribution is 9.10. The van der Waals surface area contributed by atoms with Crippen LogP contribution < -0.4 is 15.5 Å². The van der Waals surface area contributed by atoms with Crippen molar-refractivity contribution in [1.29, 1.82) is 0 Å². The maximum atomic E-state index is 13.2. The SMILES string of the molecule is COc1ccc([C@H]2Nn3c(C)nnc3S[C@H]2C(=O)Nc2ccc(Br)cc2)cc1Cl. The van der Waals surface area contributed by atoms with Crippen LogP contribution in [0.25, 0.3) is 0 Å². The van der Waals surface area contributed by atoms with E-state index in [9.17, 15) is 4.79 Å². The van der Waals surface area contributed by atoms with Crippen LogP contribution in [0.1, 0.15) is 17.4 Å². The maximum absolute atomic E-state index is 13.2. The number of carbonyl (C=O) groups is 1. The maximum Gasteiger partial charge on any atom is 0.240 e. The molecule has 1 aromatic heterocycles. The van der Waals surface area contributed by atoms with E-state index in [4.69, 9.17) is 16.3 Å². The van der Waals surface area contributed by atoms with Crippen molar-refractivity contribution in [3.05, 3.63) is 63.3 Å². The third-order valence-electron chi connectivity index (χ3n) is 4.50. The van der Waals surface area contributed by atoms with Crippen molar-refractivity contribution in [2.75, 3.05) is 17.9 Å². The predicted octanol–water partition coefficient (Wildman–Crippen LogP) is 4.41.